The SMILES string of the molecule is [2H]C([2H])(OC[C@H](C)Nc1cn[nH]c(=O)c1C(F)(F)F)c1cc2n(n1)CCN(c1cnc(C(F)(F)F)cn1)C2([2H])[2H]. The molecule has 0 aliphatic carbocycles. The topological polar surface area (TPSA) is 114 Å². The van der Waals surface area contributed by atoms with Gasteiger partial charge in [0.05, 0.1) is 67.4 Å². The predicted octanol–water partition coefficient (Wildman–Crippen LogP) is 2.83. The van der Waals surface area contributed by atoms with Crippen molar-refractivity contribution in [2.24, 2.45) is 0 Å². The second kappa shape index (κ2) is 9.75. The number of ether oxygens (including phenoxy) is 1. The van der Waals surface area contributed by atoms with Crippen molar-refractivity contribution in [2.45, 2.75) is 44.9 Å². The van der Waals surface area contributed by atoms with Gasteiger partial charge in [-0.2, -0.15) is 36.5 Å². The number of alkyl halides is 6. The smallest absolute Gasteiger partial charge is 0.378 e. The van der Waals surface area contributed by atoms with Crippen LogP contribution >= 0.6 is 0 Å². The van der Waals surface area contributed by atoms with Crippen LogP contribution in [-0.4, -0.2) is 49.1 Å². The molecule has 0 spiro atoms. The first-order chi connectivity index (χ1) is 18.4. The molecule has 16 heteroatoms. The van der Waals surface area contributed by atoms with Gasteiger partial charge in [-0.25, -0.2) is 15.1 Å². The first-order valence-electron chi connectivity index (χ1n) is 12.2. The van der Waals surface area contributed by atoms with Gasteiger partial charge in [0.15, 0.2) is 5.69 Å². The Kier molecular flexibility index (Phi) is 5.55. The largest absolute Gasteiger partial charge is 0.434 e. The minimum atomic E-state index is -4.98. The first kappa shape index (κ1) is 20.5. The van der Waals surface area contributed by atoms with E-state index in [-0.39, 0.29) is 30.3 Å². The molecule has 0 unspecified atom stereocenters. The van der Waals surface area contributed by atoms with Crippen LogP contribution < -0.4 is 15.8 Å². The Hall–Kier alpha value is -3.69. The lowest BCUT2D eigenvalue weighted by molar-refractivity contribution is -0.141. The van der Waals surface area contributed by atoms with Crippen molar-refractivity contribution >= 4 is 11.5 Å². The molecule has 3 aromatic rings. The minimum Gasteiger partial charge on any atom is -0.378 e. The molecule has 2 N–H and O–H groups in total. The zero-order chi connectivity index (χ0) is 29.7. The molecule has 1 atom stereocenters. The summed E-state index contributed by atoms with van der Waals surface area (Å²) in [6.07, 6.45) is -7.70. The fourth-order valence-corrected chi connectivity index (χ4v) is 3.23. The van der Waals surface area contributed by atoms with E-state index < -0.39 is 60.6 Å². The summed E-state index contributed by atoms with van der Waals surface area (Å²) in [4.78, 5) is 19.6. The van der Waals surface area contributed by atoms with Crippen LogP contribution in [0.2, 0.25) is 0 Å². The quantitative estimate of drug-likeness (QED) is 0.456. The number of fused-ring (bicyclic) bond motifs is 1. The molecule has 0 fully saturated rings. The summed E-state index contributed by atoms with van der Waals surface area (Å²) in [6, 6.07) is 0.127. The highest BCUT2D eigenvalue weighted by Gasteiger charge is 2.37. The Balaban J connectivity index is 1.49. The number of anilines is 2. The van der Waals surface area contributed by atoms with Crippen LogP contribution in [0, 0.1) is 0 Å². The third-order valence-corrected chi connectivity index (χ3v) is 4.82. The zero-order valence-corrected chi connectivity index (χ0v) is 18.3. The highest BCUT2D eigenvalue weighted by molar-refractivity contribution is 5.50. The molecule has 3 aromatic heterocycles. The Morgan fingerprint density at radius 2 is 1.97 bits per heavy atom. The molecular formula is C20H20F6N8O2. The molecule has 0 aromatic carbocycles. The van der Waals surface area contributed by atoms with E-state index in [1.54, 1.807) is 5.10 Å². The zero-order valence-electron chi connectivity index (χ0n) is 22.3. The maximum atomic E-state index is 13.3. The van der Waals surface area contributed by atoms with Crippen molar-refractivity contribution in [3.05, 3.63) is 57.7 Å². The summed E-state index contributed by atoms with van der Waals surface area (Å²) in [5.41, 5.74) is -5.35. The fraction of sp³-hybridized carbons (Fsp3) is 0.450. The Morgan fingerprint density at radius 3 is 2.64 bits per heavy atom. The molecule has 1 aliphatic rings. The molecular weight excluding hydrogens is 498 g/mol. The first-order valence-corrected chi connectivity index (χ1v) is 10.2. The molecule has 36 heavy (non-hydrogen) atoms. The molecule has 0 bridgehead atoms. The number of hydrogen-bond donors (Lipinski definition) is 2. The van der Waals surface area contributed by atoms with Crippen LogP contribution in [-0.2, 0) is 36.7 Å². The van der Waals surface area contributed by atoms with E-state index in [1.807, 2.05) is 0 Å². The van der Waals surface area contributed by atoms with Gasteiger partial charge in [-0.05, 0) is 13.0 Å². The number of nitrogens with one attached hydrogen (secondary N) is 2. The molecule has 194 valence electrons. The number of aromatic amines is 1. The number of rotatable bonds is 7. The standard InChI is InChI=1S/C20H20F6N8O2/c1-11(30-14-5-29-31-18(35)17(14)20(24,25)26)9-36-10-12-4-13-8-33(2-3-34(13)32-12)16-7-27-15(6-28-16)19(21,22)23/h4-7,11H,2-3,8-10H2,1H3,(H2,30,31,35)/t11-/m0/s1/i8D2,10D2. The third kappa shape index (κ3) is 5.75. The van der Waals surface area contributed by atoms with Crippen LogP contribution in [0.3, 0.4) is 0 Å². The van der Waals surface area contributed by atoms with Gasteiger partial charge in [-0.15, -0.1) is 0 Å². The van der Waals surface area contributed by atoms with E-state index in [0.29, 0.717) is 6.20 Å². The second-order valence-electron chi connectivity index (χ2n) is 7.60. The maximum absolute atomic E-state index is 13.3. The predicted molar refractivity (Wildman–Crippen MR) is 113 cm³/mol. The monoisotopic (exact) mass is 522 g/mol. The van der Waals surface area contributed by atoms with Gasteiger partial charge in [0.2, 0.25) is 0 Å². The summed E-state index contributed by atoms with van der Waals surface area (Å²) in [5, 5.41) is 11.5. The van der Waals surface area contributed by atoms with Gasteiger partial charge in [0.25, 0.3) is 5.56 Å². The van der Waals surface area contributed by atoms with Gasteiger partial charge in [-0.3, -0.25) is 9.48 Å². The number of H-pyrrole nitrogens is 1. The van der Waals surface area contributed by atoms with Crippen molar-refractivity contribution in [3.8, 4) is 0 Å². The van der Waals surface area contributed by atoms with Crippen LogP contribution in [0.1, 0.15) is 35.1 Å². The van der Waals surface area contributed by atoms with Gasteiger partial charge in [0, 0.05) is 12.6 Å². The molecule has 0 saturated heterocycles. The summed E-state index contributed by atoms with van der Waals surface area (Å²) in [5.74, 6) is -0.182. The number of nitrogens with zero attached hydrogens (tertiary/aromatic N) is 6. The van der Waals surface area contributed by atoms with E-state index in [0.717, 1.165) is 23.4 Å². The van der Waals surface area contributed by atoms with Crippen LogP contribution in [0.4, 0.5) is 37.8 Å². The maximum Gasteiger partial charge on any atom is 0.434 e. The Labute approximate surface area is 204 Å². The highest BCUT2D eigenvalue weighted by atomic mass is 19.4. The van der Waals surface area contributed by atoms with Gasteiger partial charge < -0.3 is 15.0 Å². The summed E-state index contributed by atoms with van der Waals surface area (Å²) in [7, 11) is 0. The fourth-order valence-electron chi connectivity index (χ4n) is 3.23. The van der Waals surface area contributed by atoms with Crippen LogP contribution in [0.15, 0.2) is 29.5 Å². The van der Waals surface area contributed by atoms with Gasteiger partial charge in [-0.1, -0.05) is 0 Å². The van der Waals surface area contributed by atoms with E-state index in [9.17, 15) is 31.1 Å². The van der Waals surface area contributed by atoms with Crippen molar-refractivity contribution < 1.29 is 36.6 Å². The molecule has 0 radical (unpaired) electrons. The summed E-state index contributed by atoms with van der Waals surface area (Å²) >= 11 is 0. The Morgan fingerprint density at radius 1 is 1.19 bits per heavy atom. The number of hydrogen-bond acceptors (Lipinski definition) is 8. The minimum absolute atomic E-state index is 0.0152. The van der Waals surface area contributed by atoms with Gasteiger partial charge in [0.1, 0.15) is 11.4 Å². The van der Waals surface area contributed by atoms with E-state index >= 15 is 0 Å². The lowest BCUT2D eigenvalue weighted by atomic mass is 10.2. The normalized spacial score (nSPS) is 18.5. The molecule has 1 aliphatic heterocycles. The van der Waals surface area contributed by atoms with Crippen molar-refractivity contribution in [1.82, 2.24) is 29.9 Å². The Bertz CT molecular complexity index is 1430. The molecule has 0 saturated carbocycles. The van der Waals surface area contributed by atoms with Crippen molar-refractivity contribution in [3.63, 3.8) is 0 Å². The summed E-state index contributed by atoms with van der Waals surface area (Å²) in [6.45, 7) is -4.21. The number of halogens is 6. The molecule has 4 heterocycles. The van der Waals surface area contributed by atoms with Crippen LogP contribution in [0.25, 0.3) is 0 Å². The van der Waals surface area contributed by atoms with E-state index in [1.165, 1.54) is 11.6 Å². The lowest BCUT2D eigenvalue weighted by Gasteiger charge is -2.28. The molecule has 4 rings (SSSR count). The second-order valence-corrected chi connectivity index (χ2v) is 7.60. The van der Waals surface area contributed by atoms with Crippen molar-refractivity contribution in [2.75, 3.05) is 23.4 Å². The summed E-state index contributed by atoms with van der Waals surface area (Å²) < 4.78 is 118. The van der Waals surface area contributed by atoms with E-state index in [4.69, 9.17) is 10.2 Å². The van der Waals surface area contributed by atoms with Crippen LogP contribution in [0.5, 0.6) is 0 Å². The highest BCUT2D eigenvalue weighted by Crippen LogP contribution is 2.31. The van der Waals surface area contributed by atoms with Gasteiger partial charge >= 0.3 is 12.4 Å². The third-order valence-electron chi connectivity index (χ3n) is 4.82. The van der Waals surface area contributed by atoms with E-state index in [2.05, 4.69) is 25.5 Å². The number of aromatic nitrogens is 6. The molecule has 10 nitrogen and oxygen atoms in total. The molecule has 0 amide bonds. The van der Waals surface area contributed by atoms with Crippen molar-refractivity contribution in [1.29, 1.82) is 0 Å². The average Bonchev–Trinajstić information content (AvgIpc) is 3.29. The lowest BCUT2D eigenvalue weighted by Crippen LogP contribution is -2.34. The average molecular weight is 522 g/mol.